The van der Waals surface area contributed by atoms with Crippen LogP contribution in [-0.2, 0) is 32.7 Å². The molecule has 0 aliphatic rings. The van der Waals surface area contributed by atoms with Gasteiger partial charge in [-0.25, -0.2) is 0 Å². The second-order valence-corrected chi connectivity index (χ2v) is 1.87. The van der Waals surface area contributed by atoms with E-state index in [2.05, 4.69) is 15.7 Å². The molecule has 1 rings (SSSR count). The number of hydrogen-bond donors (Lipinski definition) is 0. The van der Waals surface area contributed by atoms with Crippen LogP contribution in [0.4, 0.5) is 0 Å². The summed E-state index contributed by atoms with van der Waals surface area (Å²) in [5.41, 5.74) is 0. The van der Waals surface area contributed by atoms with Gasteiger partial charge in [0.25, 0.3) is 0 Å². The van der Waals surface area contributed by atoms with Crippen LogP contribution in [0.3, 0.4) is 0 Å². The van der Waals surface area contributed by atoms with E-state index in [1.165, 1.54) is 11.5 Å². The molecule has 0 aromatic carbocycles. The summed E-state index contributed by atoms with van der Waals surface area (Å²) < 4.78 is 3.63. The van der Waals surface area contributed by atoms with Crippen molar-refractivity contribution in [2.75, 3.05) is 0 Å². The molecular weight excluding hydrogens is 185 g/mol. The summed E-state index contributed by atoms with van der Waals surface area (Å²) in [5.74, 6) is 0. The molecule has 0 aliphatic heterocycles. The molecule has 0 saturated heterocycles. The molecule has 0 aliphatic carbocycles. The zero-order valence-electron chi connectivity index (χ0n) is 3.88. The molecule has 0 saturated carbocycles. The molecular formula is C3H3N2SY-. The third-order valence-electron chi connectivity index (χ3n) is 0.426. The van der Waals surface area contributed by atoms with Gasteiger partial charge < -0.3 is 9.36 Å². The summed E-state index contributed by atoms with van der Waals surface area (Å²) in [4.78, 5) is 3.70. The van der Waals surface area contributed by atoms with Gasteiger partial charge in [-0.15, -0.1) is 11.5 Å². The molecule has 1 aromatic rings. The van der Waals surface area contributed by atoms with Gasteiger partial charge in [-0.2, -0.15) is 0 Å². The first kappa shape index (κ1) is 7.66. The minimum Gasteiger partial charge on any atom is -0.424 e. The Morgan fingerprint density at radius 3 is 2.57 bits per heavy atom. The van der Waals surface area contributed by atoms with Gasteiger partial charge in [0.15, 0.2) is 0 Å². The molecule has 4 heteroatoms. The first-order chi connectivity index (χ1) is 2.89. The summed E-state index contributed by atoms with van der Waals surface area (Å²) in [5, 5.41) is 0.968. The first-order valence-electron chi connectivity index (χ1n) is 1.56. The van der Waals surface area contributed by atoms with E-state index in [1.807, 2.05) is 6.92 Å². The Labute approximate surface area is 71.4 Å². The molecule has 0 atom stereocenters. The first-order valence-corrected chi connectivity index (χ1v) is 2.33. The molecule has 0 bridgehead atoms. The van der Waals surface area contributed by atoms with E-state index in [1.54, 1.807) is 0 Å². The van der Waals surface area contributed by atoms with Gasteiger partial charge >= 0.3 is 0 Å². The van der Waals surface area contributed by atoms with Crippen molar-refractivity contribution in [1.82, 2.24) is 9.36 Å². The molecule has 0 amide bonds. The number of rotatable bonds is 0. The second-order valence-electron chi connectivity index (χ2n) is 0.913. The van der Waals surface area contributed by atoms with Crippen molar-refractivity contribution in [2.24, 2.45) is 0 Å². The van der Waals surface area contributed by atoms with Crippen LogP contribution in [0.25, 0.3) is 0 Å². The van der Waals surface area contributed by atoms with Gasteiger partial charge in [0, 0.05) is 32.7 Å². The SMILES string of the molecule is Cc1n[c-]ns1.[Y]. The van der Waals surface area contributed by atoms with Crippen molar-refractivity contribution in [3.63, 3.8) is 0 Å². The van der Waals surface area contributed by atoms with Gasteiger partial charge in [0.2, 0.25) is 0 Å². The molecule has 0 fully saturated rings. The van der Waals surface area contributed by atoms with E-state index < -0.39 is 0 Å². The predicted octanol–water partition coefficient (Wildman–Crippen LogP) is 0.644. The largest absolute Gasteiger partial charge is 0.424 e. The zero-order chi connectivity index (χ0) is 4.41. The molecule has 1 radical (unpaired) electrons. The Bertz CT molecular complexity index is 116. The summed E-state index contributed by atoms with van der Waals surface area (Å²) in [6.45, 7) is 1.90. The van der Waals surface area contributed by atoms with Crippen LogP contribution >= 0.6 is 11.5 Å². The maximum absolute atomic E-state index is 3.70. The molecule has 0 spiro atoms. The van der Waals surface area contributed by atoms with E-state index in [9.17, 15) is 0 Å². The van der Waals surface area contributed by atoms with Crippen LogP contribution < -0.4 is 0 Å². The average Bonchev–Trinajstić information content (AvgIpc) is 1.86. The Balaban J connectivity index is 0.000000360. The van der Waals surface area contributed by atoms with Gasteiger partial charge in [0.1, 0.15) is 0 Å². The predicted molar refractivity (Wildman–Crippen MR) is 23.5 cm³/mol. The number of aryl methyl sites for hydroxylation is 1. The van der Waals surface area contributed by atoms with E-state index in [0.717, 1.165) is 5.01 Å². The van der Waals surface area contributed by atoms with Crippen molar-refractivity contribution >= 4 is 11.5 Å². The molecule has 1 aromatic heterocycles. The molecule has 35 valence electrons. The average molecular weight is 188 g/mol. The quantitative estimate of drug-likeness (QED) is 0.558. The molecule has 1 heterocycles. The van der Waals surface area contributed by atoms with Crippen LogP contribution in [0.1, 0.15) is 5.01 Å². The van der Waals surface area contributed by atoms with Crippen LogP contribution in [0.5, 0.6) is 0 Å². The van der Waals surface area contributed by atoms with Gasteiger partial charge in [-0.05, 0) is 11.3 Å². The summed E-state index contributed by atoms with van der Waals surface area (Å²) in [6.07, 6.45) is 2.45. The summed E-state index contributed by atoms with van der Waals surface area (Å²) in [7, 11) is 0. The molecule has 0 unspecified atom stereocenters. The zero-order valence-corrected chi connectivity index (χ0v) is 7.53. The smallest absolute Gasteiger partial charge is 0 e. The standard InChI is InChI=1S/C3H3N2S.Y/c1-3-4-2-5-6-3;/h1H3;/q-1;. The van der Waals surface area contributed by atoms with Crippen molar-refractivity contribution in [3.8, 4) is 0 Å². The topological polar surface area (TPSA) is 25.8 Å². The van der Waals surface area contributed by atoms with E-state index in [4.69, 9.17) is 0 Å². The maximum Gasteiger partial charge on any atom is 0 e. The van der Waals surface area contributed by atoms with Crippen LogP contribution in [-0.4, -0.2) is 9.36 Å². The normalized spacial score (nSPS) is 7.57. The van der Waals surface area contributed by atoms with E-state index in [0.29, 0.717) is 0 Å². The number of nitrogens with zero attached hydrogens (tertiary/aromatic N) is 2. The Hall–Kier alpha value is 0.664. The monoisotopic (exact) mass is 188 g/mol. The van der Waals surface area contributed by atoms with E-state index >= 15 is 0 Å². The van der Waals surface area contributed by atoms with Crippen LogP contribution in [0, 0.1) is 13.3 Å². The van der Waals surface area contributed by atoms with Crippen LogP contribution in [0.15, 0.2) is 0 Å². The van der Waals surface area contributed by atoms with Crippen LogP contribution in [0.2, 0.25) is 0 Å². The molecule has 7 heavy (non-hydrogen) atoms. The second kappa shape index (κ2) is 3.64. The van der Waals surface area contributed by atoms with Crippen molar-refractivity contribution in [2.45, 2.75) is 6.92 Å². The van der Waals surface area contributed by atoms with Gasteiger partial charge in [0.05, 0.1) is 0 Å². The Morgan fingerprint density at radius 2 is 2.43 bits per heavy atom. The Kier molecular flexibility index (Phi) is 3.98. The number of hydrogen-bond acceptors (Lipinski definition) is 3. The van der Waals surface area contributed by atoms with Gasteiger partial charge in [-0.1, -0.05) is 6.92 Å². The fourth-order valence-corrected chi connectivity index (χ4v) is 0.493. The third-order valence-corrected chi connectivity index (χ3v) is 0.954. The minimum atomic E-state index is 0. The van der Waals surface area contributed by atoms with Crippen molar-refractivity contribution in [1.29, 1.82) is 0 Å². The Morgan fingerprint density at radius 1 is 1.71 bits per heavy atom. The molecule has 2 nitrogen and oxygen atoms in total. The number of aromatic nitrogens is 2. The molecule has 0 N–H and O–H groups in total. The fraction of sp³-hybridized carbons (Fsp3) is 0.333. The van der Waals surface area contributed by atoms with Gasteiger partial charge in [-0.3, -0.25) is 0 Å². The van der Waals surface area contributed by atoms with Crippen molar-refractivity contribution < 1.29 is 32.7 Å². The summed E-state index contributed by atoms with van der Waals surface area (Å²) >= 11 is 1.36. The summed E-state index contributed by atoms with van der Waals surface area (Å²) in [6, 6.07) is 0. The van der Waals surface area contributed by atoms with E-state index in [-0.39, 0.29) is 32.7 Å². The fourth-order valence-electron chi connectivity index (χ4n) is 0.198. The minimum absolute atomic E-state index is 0. The maximum atomic E-state index is 3.70. The third kappa shape index (κ3) is 2.47. The van der Waals surface area contributed by atoms with Crippen molar-refractivity contribution in [3.05, 3.63) is 11.3 Å².